The van der Waals surface area contributed by atoms with Crippen molar-refractivity contribution in [2.75, 3.05) is 6.54 Å². The molecule has 0 radical (unpaired) electrons. The zero-order valence-corrected chi connectivity index (χ0v) is 9.54. The molecule has 1 aromatic heterocycles. The Kier molecular flexibility index (Phi) is 3.84. The Labute approximate surface area is 94.1 Å². The molecule has 0 spiro atoms. The van der Waals surface area contributed by atoms with Gasteiger partial charge in [0.15, 0.2) is 0 Å². The predicted molar refractivity (Wildman–Crippen MR) is 62.3 cm³/mol. The molecule has 1 heterocycles. The second-order valence-electron chi connectivity index (χ2n) is 4.32. The summed E-state index contributed by atoms with van der Waals surface area (Å²) in [7, 11) is 0. The molecule has 1 amide bonds. The minimum atomic E-state index is -0.345. The van der Waals surface area contributed by atoms with Crippen molar-refractivity contribution in [3.05, 3.63) is 34.2 Å². The molecule has 0 fully saturated rings. The number of rotatable bonds is 4. The molecule has 16 heavy (non-hydrogen) atoms. The highest BCUT2D eigenvalue weighted by Crippen LogP contribution is 2.08. The van der Waals surface area contributed by atoms with Gasteiger partial charge in [0, 0.05) is 17.8 Å². The van der Waals surface area contributed by atoms with E-state index >= 15 is 0 Å². The van der Waals surface area contributed by atoms with E-state index in [1.807, 2.05) is 13.8 Å². The van der Waals surface area contributed by atoms with Gasteiger partial charge in [-0.05, 0) is 32.9 Å². The second kappa shape index (κ2) is 4.94. The van der Waals surface area contributed by atoms with Crippen molar-refractivity contribution in [1.82, 2.24) is 10.3 Å². The molecule has 0 aliphatic carbocycles. The predicted octanol–water partition coefficient (Wildman–Crippen LogP) is 0.232. The lowest BCUT2D eigenvalue weighted by Gasteiger charge is -2.25. The van der Waals surface area contributed by atoms with Crippen LogP contribution in [0.1, 0.15) is 30.6 Å². The van der Waals surface area contributed by atoms with E-state index in [1.165, 1.54) is 18.3 Å². The van der Waals surface area contributed by atoms with E-state index in [4.69, 9.17) is 5.73 Å². The van der Waals surface area contributed by atoms with Gasteiger partial charge >= 0.3 is 0 Å². The van der Waals surface area contributed by atoms with Crippen LogP contribution in [-0.4, -0.2) is 23.0 Å². The molecular formula is C11H17N3O2. The third-order valence-electron chi connectivity index (χ3n) is 2.27. The van der Waals surface area contributed by atoms with E-state index in [9.17, 15) is 9.59 Å². The van der Waals surface area contributed by atoms with Gasteiger partial charge in [-0.2, -0.15) is 0 Å². The number of hydrogen-bond acceptors (Lipinski definition) is 3. The number of hydrogen-bond donors (Lipinski definition) is 3. The van der Waals surface area contributed by atoms with Gasteiger partial charge in [-0.1, -0.05) is 0 Å². The molecule has 1 aromatic rings. The van der Waals surface area contributed by atoms with Crippen molar-refractivity contribution in [1.29, 1.82) is 0 Å². The molecule has 4 N–H and O–H groups in total. The number of pyridine rings is 1. The summed E-state index contributed by atoms with van der Waals surface area (Å²) in [6.07, 6.45) is 2.10. The molecule has 1 rings (SSSR count). The fraction of sp³-hybridized carbons (Fsp3) is 0.455. The minimum absolute atomic E-state index is 0.213. The van der Waals surface area contributed by atoms with E-state index in [0.717, 1.165) is 0 Å². The van der Waals surface area contributed by atoms with Crippen LogP contribution in [0, 0.1) is 0 Å². The van der Waals surface area contributed by atoms with Gasteiger partial charge in [-0.3, -0.25) is 9.59 Å². The lowest BCUT2D eigenvalue weighted by molar-refractivity contribution is 0.0910. The van der Waals surface area contributed by atoms with Crippen LogP contribution in [0.2, 0.25) is 0 Å². The number of nitrogens with two attached hydrogens (primary N) is 1. The first-order valence-electron chi connectivity index (χ1n) is 5.16. The molecule has 0 atom stereocenters. The highest BCUT2D eigenvalue weighted by Gasteiger charge is 2.19. The first-order chi connectivity index (χ1) is 7.44. The number of carbonyl (C=O) groups excluding carboxylic acids is 1. The normalized spacial score (nSPS) is 11.2. The number of amides is 1. The van der Waals surface area contributed by atoms with Crippen molar-refractivity contribution < 1.29 is 4.79 Å². The van der Waals surface area contributed by atoms with Crippen molar-refractivity contribution in [3.63, 3.8) is 0 Å². The smallest absolute Gasteiger partial charge is 0.253 e. The zero-order valence-electron chi connectivity index (χ0n) is 9.54. The lowest BCUT2D eigenvalue weighted by atomic mass is 10.0. The monoisotopic (exact) mass is 223 g/mol. The van der Waals surface area contributed by atoms with Crippen molar-refractivity contribution in [2.24, 2.45) is 5.73 Å². The Morgan fingerprint density at radius 1 is 1.50 bits per heavy atom. The van der Waals surface area contributed by atoms with Crippen LogP contribution in [0.3, 0.4) is 0 Å². The molecule has 5 heteroatoms. The van der Waals surface area contributed by atoms with Crippen LogP contribution in [0.5, 0.6) is 0 Å². The van der Waals surface area contributed by atoms with Gasteiger partial charge in [0.1, 0.15) is 0 Å². The Morgan fingerprint density at radius 2 is 2.19 bits per heavy atom. The third-order valence-corrected chi connectivity index (χ3v) is 2.27. The quantitative estimate of drug-likeness (QED) is 0.682. The molecule has 0 saturated carbocycles. The van der Waals surface area contributed by atoms with Crippen LogP contribution in [0.15, 0.2) is 23.1 Å². The largest absolute Gasteiger partial charge is 0.347 e. The molecule has 0 bridgehead atoms. The van der Waals surface area contributed by atoms with Crippen LogP contribution in [0.4, 0.5) is 0 Å². The Morgan fingerprint density at radius 3 is 2.69 bits per heavy atom. The third kappa shape index (κ3) is 3.51. The van der Waals surface area contributed by atoms with Crippen molar-refractivity contribution in [3.8, 4) is 0 Å². The zero-order chi connectivity index (χ0) is 12.2. The van der Waals surface area contributed by atoms with Crippen molar-refractivity contribution in [2.45, 2.75) is 25.8 Å². The number of aromatic nitrogens is 1. The van der Waals surface area contributed by atoms with Crippen molar-refractivity contribution >= 4 is 5.91 Å². The molecule has 0 saturated heterocycles. The summed E-state index contributed by atoms with van der Waals surface area (Å²) in [5.41, 5.74) is 5.32. The first-order valence-corrected chi connectivity index (χ1v) is 5.16. The Balaban J connectivity index is 2.72. The Bertz CT molecular complexity index is 403. The van der Waals surface area contributed by atoms with E-state index < -0.39 is 0 Å². The summed E-state index contributed by atoms with van der Waals surface area (Å²) in [5, 5.41) is 2.85. The molecular weight excluding hydrogens is 206 g/mol. The molecule has 0 aliphatic heterocycles. The summed E-state index contributed by atoms with van der Waals surface area (Å²) < 4.78 is 0. The molecule has 88 valence electrons. The molecule has 0 unspecified atom stereocenters. The first kappa shape index (κ1) is 12.4. The van der Waals surface area contributed by atoms with E-state index in [1.54, 1.807) is 0 Å². The standard InChI is InChI=1S/C11H17N3O2/c1-11(2,5-6-12)14-10(16)8-3-4-9(15)13-7-8/h3-4,7H,5-6,12H2,1-2H3,(H,13,15)(H,14,16). The second-order valence-corrected chi connectivity index (χ2v) is 4.32. The maximum Gasteiger partial charge on any atom is 0.253 e. The van der Waals surface area contributed by atoms with Crippen LogP contribution in [0.25, 0.3) is 0 Å². The number of carbonyl (C=O) groups is 1. The number of H-pyrrole nitrogens is 1. The summed E-state index contributed by atoms with van der Waals surface area (Å²) >= 11 is 0. The maximum absolute atomic E-state index is 11.8. The molecule has 0 aromatic carbocycles. The van der Waals surface area contributed by atoms with Gasteiger partial charge in [0.2, 0.25) is 5.56 Å². The highest BCUT2D eigenvalue weighted by atomic mass is 16.2. The molecule has 0 aliphatic rings. The molecule has 5 nitrogen and oxygen atoms in total. The summed E-state index contributed by atoms with van der Waals surface area (Å²) in [6, 6.07) is 2.82. The van der Waals surface area contributed by atoms with Gasteiger partial charge in [-0.25, -0.2) is 0 Å². The summed E-state index contributed by atoms with van der Waals surface area (Å²) in [5.74, 6) is -0.213. The van der Waals surface area contributed by atoms with Crippen LogP contribution < -0.4 is 16.6 Å². The highest BCUT2D eigenvalue weighted by molar-refractivity contribution is 5.94. The van der Waals surface area contributed by atoms with E-state index in [0.29, 0.717) is 18.5 Å². The maximum atomic E-state index is 11.8. The van der Waals surface area contributed by atoms with Crippen LogP contribution >= 0.6 is 0 Å². The van der Waals surface area contributed by atoms with E-state index in [-0.39, 0.29) is 17.0 Å². The average molecular weight is 223 g/mol. The fourth-order valence-electron chi connectivity index (χ4n) is 1.35. The van der Waals surface area contributed by atoms with Gasteiger partial charge in [-0.15, -0.1) is 0 Å². The lowest BCUT2D eigenvalue weighted by Crippen LogP contribution is -2.44. The van der Waals surface area contributed by atoms with Gasteiger partial charge < -0.3 is 16.0 Å². The number of aromatic amines is 1. The average Bonchev–Trinajstić information content (AvgIpc) is 2.17. The van der Waals surface area contributed by atoms with Gasteiger partial charge in [0.05, 0.1) is 5.56 Å². The number of nitrogens with one attached hydrogen (secondary N) is 2. The summed E-state index contributed by atoms with van der Waals surface area (Å²) in [6.45, 7) is 4.33. The van der Waals surface area contributed by atoms with Crippen LogP contribution in [-0.2, 0) is 0 Å². The minimum Gasteiger partial charge on any atom is -0.347 e. The Hall–Kier alpha value is -1.62. The van der Waals surface area contributed by atoms with Gasteiger partial charge in [0.25, 0.3) is 5.91 Å². The fourth-order valence-corrected chi connectivity index (χ4v) is 1.35. The topological polar surface area (TPSA) is 88.0 Å². The van der Waals surface area contributed by atoms with E-state index in [2.05, 4.69) is 10.3 Å². The SMILES string of the molecule is CC(C)(CCN)NC(=O)c1ccc(=O)[nH]c1. The summed E-state index contributed by atoms with van der Waals surface area (Å²) in [4.78, 5) is 25.1.